The largest absolute Gasteiger partial charge is 0.417 e. The van der Waals surface area contributed by atoms with Gasteiger partial charge in [-0.25, -0.2) is 4.68 Å². The second-order valence-corrected chi connectivity index (χ2v) is 8.65. The first-order valence-electron chi connectivity index (χ1n) is 9.54. The molecular weight excluding hydrogens is 472 g/mol. The SMILES string of the molecule is CC(C)(C)c1cc(NC(=O)c2cc(C(F)(F)F)ccc2C(F)(F)F)n(-c2ccccc2Cl)n1. The molecule has 176 valence electrons. The summed E-state index contributed by atoms with van der Waals surface area (Å²) in [7, 11) is 0. The highest BCUT2D eigenvalue weighted by atomic mass is 35.5. The van der Waals surface area contributed by atoms with E-state index in [2.05, 4.69) is 10.4 Å². The Morgan fingerprint density at radius 2 is 1.58 bits per heavy atom. The van der Waals surface area contributed by atoms with E-state index in [1.165, 1.54) is 10.7 Å². The molecule has 0 unspecified atom stereocenters. The minimum atomic E-state index is -5.05. The van der Waals surface area contributed by atoms with Gasteiger partial charge < -0.3 is 5.32 Å². The van der Waals surface area contributed by atoms with E-state index >= 15 is 0 Å². The van der Waals surface area contributed by atoms with Crippen LogP contribution in [0.2, 0.25) is 5.02 Å². The number of rotatable bonds is 3. The summed E-state index contributed by atoms with van der Waals surface area (Å²) < 4.78 is 80.9. The first-order valence-corrected chi connectivity index (χ1v) is 9.92. The molecular formula is C22H18ClF6N3O. The van der Waals surface area contributed by atoms with E-state index in [4.69, 9.17) is 11.6 Å². The number of hydrogen-bond donors (Lipinski definition) is 1. The van der Waals surface area contributed by atoms with Crippen molar-refractivity contribution in [2.24, 2.45) is 0 Å². The second-order valence-electron chi connectivity index (χ2n) is 8.24. The van der Waals surface area contributed by atoms with Crippen molar-refractivity contribution in [2.45, 2.75) is 38.5 Å². The quantitative estimate of drug-likeness (QED) is 0.398. The number of amides is 1. The minimum Gasteiger partial charge on any atom is -0.306 e. The number of para-hydroxylation sites is 1. The molecule has 33 heavy (non-hydrogen) atoms. The number of hydrogen-bond acceptors (Lipinski definition) is 2. The summed E-state index contributed by atoms with van der Waals surface area (Å²) in [5.74, 6) is -1.43. The summed E-state index contributed by atoms with van der Waals surface area (Å²) >= 11 is 6.22. The van der Waals surface area contributed by atoms with E-state index in [1.54, 1.807) is 24.3 Å². The van der Waals surface area contributed by atoms with Crippen molar-refractivity contribution in [1.29, 1.82) is 0 Å². The summed E-state index contributed by atoms with van der Waals surface area (Å²) in [6, 6.07) is 8.55. The molecule has 3 aromatic rings. The van der Waals surface area contributed by atoms with Crippen molar-refractivity contribution < 1.29 is 31.1 Å². The number of carbonyl (C=O) groups is 1. The zero-order valence-corrected chi connectivity index (χ0v) is 18.3. The van der Waals surface area contributed by atoms with Gasteiger partial charge in [-0.15, -0.1) is 0 Å². The lowest BCUT2D eigenvalue weighted by atomic mass is 9.92. The van der Waals surface area contributed by atoms with Crippen molar-refractivity contribution in [3.05, 3.63) is 75.9 Å². The van der Waals surface area contributed by atoms with Gasteiger partial charge in [-0.2, -0.15) is 31.4 Å². The van der Waals surface area contributed by atoms with Gasteiger partial charge >= 0.3 is 12.4 Å². The van der Waals surface area contributed by atoms with Crippen molar-refractivity contribution in [1.82, 2.24) is 9.78 Å². The van der Waals surface area contributed by atoms with Crippen molar-refractivity contribution in [2.75, 3.05) is 5.32 Å². The topological polar surface area (TPSA) is 46.9 Å². The maximum atomic E-state index is 13.4. The number of benzene rings is 2. The van der Waals surface area contributed by atoms with E-state index in [0.29, 0.717) is 11.4 Å². The van der Waals surface area contributed by atoms with Crippen LogP contribution in [0.5, 0.6) is 0 Å². The van der Waals surface area contributed by atoms with E-state index in [1.807, 2.05) is 20.8 Å². The zero-order chi connectivity index (χ0) is 24.8. The van der Waals surface area contributed by atoms with Gasteiger partial charge in [0.2, 0.25) is 0 Å². The molecule has 0 bridgehead atoms. The monoisotopic (exact) mass is 489 g/mol. The molecule has 0 aliphatic carbocycles. The lowest BCUT2D eigenvalue weighted by Crippen LogP contribution is -2.21. The predicted octanol–water partition coefficient (Wildman–Crippen LogP) is 7.11. The van der Waals surface area contributed by atoms with E-state index in [0.717, 1.165) is 0 Å². The van der Waals surface area contributed by atoms with Crippen LogP contribution < -0.4 is 5.32 Å². The summed E-state index contributed by atoms with van der Waals surface area (Å²) in [5.41, 5.74) is -3.76. The van der Waals surface area contributed by atoms with Crippen LogP contribution in [0.4, 0.5) is 32.2 Å². The number of nitrogens with one attached hydrogen (secondary N) is 1. The van der Waals surface area contributed by atoms with E-state index in [-0.39, 0.29) is 29.0 Å². The Labute approximate surface area is 190 Å². The van der Waals surface area contributed by atoms with Gasteiger partial charge in [-0.3, -0.25) is 4.79 Å². The van der Waals surface area contributed by atoms with Gasteiger partial charge in [0.1, 0.15) is 5.82 Å². The van der Waals surface area contributed by atoms with Crippen molar-refractivity contribution >= 4 is 23.3 Å². The Kier molecular flexibility index (Phi) is 6.27. The van der Waals surface area contributed by atoms with Crippen molar-refractivity contribution in [3.63, 3.8) is 0 Å². The molecule has 0 spiro atoms. The fraction of sp³-hybridized carbons (Fsp3) is 0.273. The molecule has 0 saturated heterocycles. The number of nitrogens with zero attached hydrogens (tertiary/aromatic N) is 2. The molecule has 0 saturated carbocycles. The van der Waals surface area contributed by atoms with Crippen LogP contribution >= 0.6 is 11.6 Å². The molecule has 1 N–H and O–H groups in total. The van der Waals surface area contributed by atoms with Crippen LogP contribution in [0.1, 0.15) is 48.0 Å². The highest BCUT2D eigenvalue weighted by molar-refractivity contribution is 6.32. The minimum absolute atomic E-state index is 0.0523. The first kappa shape index (κ1) is 24.6. The maximum Gasteiger partial charge on any atom is 0.417 e. The third kappa shape index (κ3) is 5.32. The highest BCUT2D eigenvalue weighted by Gasteiger charge is 2.39. The summed E-state index contributed by atoms with van der Waals surface area (Å²) in [6.45, 7) is 5.48. The second kappa shape index (κ2) is 8.40. The summed E-state index contributed by atoms with van der Waals surface area (Å²) in [6.07, 6.45) is -9.98. The van der Waals surface area contributed by atoms with Crippen LogP contribution in [0.15, 0.2) is 48.5 Å². The zero-order valence-electron chi connectivity index (χ0n) is 17.6. The standard InChI is InChI=1S/C22H18ClF6N3O/c1-20(2,3)17-11-18(32(31-17)16-7-5-4-6-15(16)23)30-19(33)13-10-12(21(24,25)26)8-9-14(13)22(27,28)29/h4-11H,1-3H3,(H,30,33). The number of alkyl halides is 6. The average Bonchev–Trinajstić information content (AvgIpc) is 3.10. The lowest BCUT2D eigenvalue weighted by Gasteiger charge is -2.16. The van der Waals surface area contributed by atoms with Crippen LogP contribution in [-0.2, 0) is 17.8 Å². The van der Waals surface area contributed by atoms with Crippen LogP contribution in [0.3, 0.4) is 0 Å². The van der Waals surface area contributed by atoms with Crippen LogP contribution in [0, 0.1) is 0 Å². The predicted molar refractivity (Wildman–Crippen MR) is 112 cm³/mol. The third-order valence-corrected chi connectivity index (χ3v) is 5.02. The van der Waals surface area contributed by atoms with E-state index < -0.39 is 40.4 Å². The maximum absolute atomic E-state index is 13.4. The van der Waals surface area contributed by atoms with Crippen molar-refractivity contribution in [3.8, 4) is 5.69 Å². The number of anilines is 1. The molecule has 11 heteroatoms. The van der Waals surface area contributed by atoms with Gasteiger partial charge in [-0.05, 0) is 30.3 Å². The Bertz CT molecular complexity index is 1190. The number of halogens is 7. The number of aromatic nitrogens is 2. The Balaban J connectivity index is 2.13. The van der Waals surface area contributed by atoms with Gasteiger partial charge in [0, 0.05) is 11.5 Å². The van der Waals surface area contributed by atoms with Gasteiger partial charge in [0.05, 0.1) is 33.1 Å². The summed E-state index contributed by atoms with van der Waals surface area (Å²) in [4.78, 5) is 12.8. The molecule has 1 aromatic heterocycles. The normalized spacial score (nSPS) is 12.7. The molecule has 0 aliphatic heterocycles. The Morgan fingerprint density at radius 1 is 0.939 bits per heavy atom. The van der Waals surface area contributed by atoms with Crippen LogP contribution in [-0.4, -0.2) is 15.7 Å². The molecule has 1 heterocycles. The fourth-order valence-corrected chi connectivity index (χ4v) is 3.20. The van der Waals surface area contributed by atoms with Crippen LogP contribution in [0.25, 0.3) is 5.69 Å². The fourth-order valence-electron chi connectivity index (χ4n) is 2.98. The van der Waals surface area contributed by atoms with Gasteiger partial charge in [0.25, 0.3) is 5.91 Å². The Hall–Kier alpha value is -3.01. The van der Waals surface area contributed by atoms with E-state index in [9.17, 15) is 31.1 Å². The smallest absolute Gasteiger partial charge is 0.306 e. The molecule has 3 rings (SSSR count). The molecule has 1 amide bonds. The molecule has 4 nitrogen and oxygen atoms in total. The molecule has 0 aliphatic rings. The number of carbonyl (C=O) groups excluding carboxylic acids is 1. The van der Waals surface area contributed by atoms with Gasteiger partial charge in [0.15, 0.2) is 0 Å². The summed E-state index contributed by atoms with van der Waals surface area (Å²) in [5, 5.41) is 6.92. The first-order chi connectivity index (χ1) is 15.1. The average molecular weight is 490 g/mol. The molecule has 0 atom stereocenters. The molecule has 0 fully saturated rings. The molecule has 2 aromatic carbocycles. The lowest BCUT2D eigenvalue weighted by molar-refractivity contribution is -0.141. The highest BCUT2D eigenvalue weighted by Crippen LogP contribution is 2.37. The van der Waals surface area contributed by atoms with Gasteiger partial charge in [-0.1, -0.05) is 44.5 Å². The third-order valence-electron chi connectivity index (χ3n) is 4.70. The Morgan fingerprint density at radius 3 is 2.12 bits per heavy atom. The molecule has 0 radical (unpaired) electrons.